The highest BCUT2D eigenvalue weighted by atomic mass is 16.2. The Bertz CT molecular complexity index is 5870. The molecule has 0 radical (unpaired) electrons. The molecular weight excluding hydrogens is 1330 g/mol. The lowest BCUT2D eigenvalue weighted by Crippen LogP contribution is -2.34. The van der Waals surface area contributed by atoms with Gasteiger partial charge in [0.25, 0.3) is 35.4 Å². The molecule has 4 aliphatic heterocycles. The van der Waals surface area contributed by atoms with E-state index in [0.29, 0.717) is 0 Å². The van der Waals surface area contributed by atoms with Gasteiger partial charge in [0.15, 0.2) is 0 Å². The van der Waals surface area contributed by atoms with Crippen LogP contribution in [0.2, 0.25) is 0 Å². The van der Waals surface area contributed by atoms with Crippen molar-refractivity contribution in [3.05, 3.63) is 394 Å². The average Bonchev–Trinajstić information content (AvgIpc) is 1.31. The van der Waals surface area contributed by atoms with Gasteiger partial charge in [0.2, 0.25) is 0 Å². The van der Waals surface area contributed by atoms with E-state index >= 15 is 28.8 Å². The van der Waals surface area contributed by atoms with E-state index in [1.807, 2.05) is 255 Å². The highest BCUT2D eigenvalue weighted by Crippen LogP contribution is 2.41. The summed E-state index contributed by atoms with van der Waals surface area (Å²) in [7, 11) is 0. The molecule has 4 aliphatic rings. The first kappa shape index (κ1) is 64.7. The molecule has 6 amide bonds. The summed E-state index contributed by atoms with van der Waals surface area (Å²) in [6.45, 7) is -0.387. The van der Waals surface area contributed by atoms with E-state index in [2.05, 4.69) is 0 Å². The molecule has 12 bridgehead atoms. The van der Waals surface area contributed by atoms with Gasteiger partial charge in [-0.25, -0.2) is 0 Å². The Morgan fingerprint density at radius 1 is 0.148 bits per heavy atom. The second kappa shape index (κ2) is 26.6. The zero-order chi connectivity index (χ0) is 72.7. The van der Waals surface area contributed by atoms with Crippen LogP contribution in [0.3, 0.4) is 0 Å². The number of nitrogens with zero attached hydrogens (tertiary/aromatic N) is 6. The van der Waals surface area contributed by atoms with Gasteiger partial charge in [-0.2, -0.15) is 0 Å². The zero-order valence-corrected chi connectivity index (χ0v) is 58.6. The third kappa shape index (κ3) is 12.2. The maximum atomic E-state index is 17.3. The van der Waals surface area contributed by atoms with Gasteiger partial charge in [0.1, 0.15) is 0 Å². The zero-order valence-electron chi connectivity index (χ0n) is 58.6. The molecule has 16 aromatic rings. The minimum Gasteiger partial charge on any atom is -0.304 e. The van der Waals surface area contributed by atoms with E-state index in [9.17, 15) is 0 Å². The van der Waals surface area contributed by atoms with E-state index in [1.165, 1.54) is 0 Å². The summed E-state index contributed by atoms with van der Waals surface area (Å²) in [6, 6.07) is 104. The summed E-state index contributed by atoms with van der Waals surface area (Å²) in [5, 5.41) is 11.5. The summed E-state index contributed by atoms with van der Waals surface area (Å²) in [5.41, 5.74) is 6.27. The standard InChI is InChI=1S/C96H66N6O6/c103-91-79-43-80-45-81(44-79)93(105)99(57-63-27-33-69-15-3-9-21-75(69)39-63)87-48-84-51-89(53-87)101(59-65-29-35-71-17-5-11-23-77(71)41-65)94(106)82-46-85(97(91)55-61-25-31-67-13-1-7-19-73(67)37-61)52-88(49-82)100(58-64-28-34-70-16-4-10-22-76(70)40-64)95(107)83-47-86(98(92(80)104)56-62-26-32-68-14-2-8-20-74(68)38-62)54-90(50-83)102(96(84)108)60-66-30-36-72-18-6-12-24-78(72)42-66/h1-54H,55-60H2. The molecule has 12 nitrogen and oxygen atoms in total. The first-order valence-electron chi connectivity index (χ1n) is 36.2. The van der Waals surface area contributed by atoms with Gasteiger partial charge in [-0.05, 0) is 207 Å². The third-order valence-electron chi connectivity index (χ3n) is 21.4. The molecule has 516 valence electrons. The second-order valence-electron chi connectivity index (χ2n) is 28.5. The number of anilines is 6. The molecule has 0 saturated carbocycles. The maximum Gasteiger partial charge on any atom is 0.258 e. The van der Waals surface area contributed by atoms with E-state index < -0.39 is 35.4 Å². The van der Waals surface area contributed by atoms with Crippen molar-refractivity contribution in [1.82, 2.24) is 0 Å². The highest BCUT2D eigenvalue weighted by molar-refractivity contribution is 6.19. The largest absolute Gasteiger partial charge is 0.304 e. The van der Waals surface area contributed by atoms with Crippen LogP contribution in [0.1, 0.15) is 95.5 Å². The fourth-order valence-corrected chi connectivity index (χ4v) is 15.8. The summed E-state index contributed by atoms with van der Waals surface area (Å²) >= 11 is 0. The van der Waals surface area contributed by atoms with Crippen LogP contribution in [0.25, 0.3) is 64.6 Å². The summed E-state index contributed by atoms with van der Waals surface area (Å²) in [4.78, 5) is 113. The smallest absolute Gasteiger partial charge is 0.258 e. The number of benzene rings is 16. The lowest BCUT2D eigenvalue weighted by Gasteiger charge is -2.30. The Morgan fingerprint density at radius 2 is 0.296 bits per heavy atom. The molecule has 0 atom stereocenters. The van der Waals surface area contributed by atoms with Crippen molar-refractivity contribution in [1.29, 1.82) is 0 Å². The molecular formula is C96H66N6O6. The van der Waals surface area contributed by atoms with Gasteiger partial charge in [-0.1, -0.05) is 218 Å². The van der Waals surface area contributed by atoms with Crippen LogP contribution < -0.4 is 29.4 Å². The predicted octanol–water partition coefficient (Wildman–Crippen LogP) is 20.6. The van der Waals surface area contributed by atoms with Crippen LogP contribution in [-0.4, -0.2) is 35.4 Å². The minimum atomic E-state index is -0.603. The van der Waals surface area contributed by atoms with E-state index in [1.54, 1.807) is 102 Å². The quantitative estimate of drug-likeness (QED) is 0.120. The Balaban J connectivity index is 0.945. The van der Waals surface area contributed by atoms with Crippen molar-refractivity contribution in [3.8, 4) is 0 Å². The lowest BCUT2D eigenvalue weighted by atomic mass is 10.00. The fraction of sp³-hybridized carbons (Fsp3) is 0.0625. The van der Waals surface area contributed by atoms with Crippen LogP contribution in [0, 0.1) is 0 Å². The Kier molecular flexibility index (Phi) is 15.9. The normalized spacial score (nSPS) is 13.8. The first-order chi connectivity index (χ1) is 52.9. The number of fused-ring (bicyclic) bond motifs is 12. The van der Waals surface area contributed by atoms with Crippen LogP contribution in [0.4, 0.5) is 34.1 Å². The summed E-state index contributed by atoms with van der Waals surface area (Å²) < 4.78 is 0. The maximum absolute atomic E-state index is 17.3. The fourth-order valence-electron chi connectivity index (χ4n) is 15.8. The van der Waals surface area contributed by atoms with Crippen molar-refractivity contribution >= 4 is 134 Å². The monoisotopic (exact) mass is 1400 g/mol. The van der Waals surface area contributed by atoms with Gasteiger partial charge in [-0.15, -0.1) is 0 Å². The third-order valence-corrected chi connectivity index (χ3v) is 21.4. The highest BCUT2D eigenvalue weighted by Gasteiger charge is 2.35. The van der Waals surface area contributed by atoms with Gasteiger partial charge in [0.05, 0.1) is 39.3 Å². The van der Waals surface area contributed by atoms with Crippen LogP contribution in [0.15, 0.2) is 328 Å². The summed E-state index contributed by atoms with van der Waals surface area (Å²) in [6.07, 6.45) is 0. The van der Waals surface area contributed by atoms with E-state index in [0.717, 1.165) is 98.0 Å². The second-order valence-corrected chi connectivity index (χ2v) is 28.5. The van der Waals surface area contributed by atoms with E-state index in [-0.39, 0.29) is 107 Å². The first-order valence-corrected chi connectivity index (χ1v) is 36.2. The van der Waals surface area contributed by atoms with Crippen molar-refractivity contribution in [2.75, 3.05) is 29.4 Å². The van der Waals surface area contributed by atoms with E-state index in [4.69, 9.17) is 0 Å². The Morgan fingerprint density at radius 3 is 0.463 bits per heavy atom. The predicted molar refractivity (Wildman–Crippen MR) is 433 cm³/mol. The van der Waals surface area contributed by atoms with Crippen molar-refractivity contribution in [2.24, 2.45) is 0 Å². The Hall–Kier alpha value is -14.1. The van der Waals surface area contributed by atoms with Crippen LogP contribution in [-0.2, 0) is 39.3 Å². The van der Waals surface area contributed by atoms with Crippen molar-refractivity contribution < 1.29 is 28.8 Å². The molecule has 0 unspecified atom stereocenters. The minimum absolute atomic E-state index is 0.00344. The number of hydrogen-bond donors (Lipinski definition) is 0. The molecule has 0 spiro atoms. The molecule has 20 rings (SSSR count). The van der Waals surface area contributed by atoms with Crippen molar-refractivity contribution in [3.63, 3.8) is 0 Å². The Labute approximate surface area is 622 Å². The molecule has 16 aromatic carbocycles. The van der Waals surface area contributed by atoms with Crippen LogP contribution in [0.5, 0.6) is 0 Å². The lowest BCUT2D eigenvalue weighted by molar-refractivity contribution is 0.0969. The van der Waals surface area contributed by atoms with Crippen LogP contribution >= 0.6 is 0 Å². The van der Waals surface area contributed by atoms with Gasteiger partial charge < -0.3 is 29.4 Å². The number of carbonyl (C=O) groups excluding carboxylic acids is 6. The molecule has 4 heterocycles. The molecule has 0 aliphatic carbocycles. The van der Waals surface area contributed by atoms with Gasteiger partial charge in [0, 0.05) is 67.5 Å². The van der Waals surface area contributed by atoms with Gasteiger partial charge >= 0.3 is 0 Å². The average molecular weight is 1400 g/mol. The summed E-state index contributed by atoms with van der Waals surface area (Å²) in [5.74, 6) is -3.43. The molecule has 108 heavy (non-hydrogen) atoms. The number of carbonyl (C=O) groups is 6. The topological polar surface area (TPSA) is 122 Å². The molecule has 12 heteroatoms. The number of hydrogen-bond acceptors (Lipinski definition) is 6. The molecule has 0 fully saturated rings. The number of amides is 6. The SMILES string of the molecule is O=C1c2cc3cc(c2)C(=O)N(Cc2ccc4ccccc4c2)c2cc4cc(c2)N(Cc2ccc5ccccc5c2)C(=O)c2cc(cc(c2)N(Cc2ccc5ccccc5c2)C(=O)c2cc(cc(c2)N(Cc2ccc5ccccc5c2)C4=O)N1Cc1ccc2ccccc2c1)N(Cc1ccc2ccccc2c1)C3=O. The van der Waals surface area contributed by atoms with Gasteiger partial charge in [-0.3, -0.25) is 28.8 Å². The van der Waals surface area contributed by atoms with Crippen molar-refractivity contribution in [2.45, 2.75) is 39.3 Å². The molecule has 0 saturated heterocycles. The molecule has 0 N–H and O–H groups in total. The molecule has 0 aromatic heterocycles. The number of rotatable bonds is 12.